The number of furan rings is 1. The molecule has 0 spiro atoms. The molecule has 0 radical (unpaired) electrons. The summed E-state index contributed by atoms with van der Waals surface area (Å²) in [7, 11) is 0. The predicted octanol–water partition coefficient (Wildman–Crippen LogP) is 3.07. The average Bonchev–Trinajstić information content (AvgIpc) is 3.27. The number of carbonyl (C=O) groups excluding carboxylic acids is 3. The zero-order valence-electron chi connectivity index (χ0n) is 15.1. The highest BCUT2D eigenvalue weighted by molar-refractivity contribution is 5.97. The maximum atomic E-state index is 13.0. The number of nitrogens with one attached hydrogen (secondary N) is 2. The number of hydrogen-bond acceptors (Lipinski definition) is 5. The van der Waals surface area contributed by atoms with Gasteiger partial charge in [-0.15, -0.1) is 0 Å². The van der Waals surface area contributed by atoms with E-state index in [4.69, 9.17) is 9.15 Å². The molecular weight excluding hydrogens is 379 g/mol. The lowest BCUT2D eigenvalue weighted by Crippen LogP contribution is -2.33. The first-order valence-corrected chi connectivity index (χ1v) is 8.65. The number of halogens is 1. The maximum absolute atomic E-state index is 13.0. The van der Waals surface area contributed by atoms with Crippen LogP contribution < -0.4 is 10.6 Å². The van der Waals surface area contributed by atoms with E-state index in [2.05, 4.69) is 10.6 Å². The molecule has 8 heteroatoms. The first-order chi connectivity index (χ1) is 14.0. The Bertz CT molecular complexity index is 972. The zero-order chi connectivity index (χ0) is 20.6. The molecule has 1 atom stereocenters. The molecule has 1 aromatic heterocycles. The van der Waals surface area contributed by atoms with Gasteiger partial charge in [-0.2, -0.15) is 0 Å². The predicted molar refractivity (Wildman–Crippen MR) is 101 cm³/mol. The van der Waals surface area contributed by atoms with Gasteiger partial charge in [-0.1, -0.05) is 30.3 Å². The second-order valence-electron chi connectivity index (χ2n) is 5.94. The summed E-state index contributed by atoms with van der Waals surface area (Å²) in [6.07, 6.45) is 0.0765. The Hall–Kier alpha value is -3.94. The normalized spacial score (nSPS) is 11.3. The highest BCUT2D eigenvalue weighted by atomic mass is 19.1. The van der Waals surface area contributed by atoms with E-state index in [0.29, 0.717) is 11.3 Å². The van der Waals surface area contributed by atoms with Gasteiger partial charge < -0.3 is 19.8 Å². The van der Waals surface area contributed by atoms with Crippen molar-refractivity contribution in [2.75, 3.05) is 11.9 Å². The Morgan fingerprint density at radius 1 is 0.966 bits per heavy atom. The zero-order valence-corrected chi connectivity index (χ0v) is 15.1. The minimum Gasteiger partial charge on any atom is -0.459 e. The number of ether oxygens (including phenoxy) is 1. The van der Waals surface area contributed by atoms with Crippen molar-refractivity contribution in [1.29, 1.82) is 0 Å². The number of hydrogen-bond donors (Lipinski definition) is 2. The second kappa shape index (κ2) is 9.32. The van der Waals surface area contributed by atoms with Gasteiger partial charge in [-0.25, -0.2) is 4.39 Å². The SMILES string of the molecule is O=C(CNC(=O)c1ccco1)OC(C(=O)Nc1ccc(F)cc1)c1ccccc1. The molecule has 1 heterocycles. The van der Waals surface area contributed by atoms with Crippen molar-refractivity contribution in [2.45, 2.75) is 6.10 Å². The van der Waals surface area contributed by atoms with Crippen molar-refractivity contribution in [1.82, 2.24) is 5.32 Å². The van der Waals surface area contributed by atoms with E-state index in [9.17, 15) is 18.8 Å². The summed E-state index contributed by atoms with van der Waals surface area (Å²) < 4.78 is 23.3. The molecule has 29 heavy (non-hydrogen) atoms. The fourth-order valence-corrected chi connectivity index (χ4v) is 2.46. The molecule has 0 saturated heterocycles. The minimum atomic E-state index is -1.26. The number of anilines is 1. The van der Waals surface area contributed by atoms with Crippen LogP contribution >= 0.6 is 0 Å². The Morgan fingerprint density at radius 3 is 2.34 bits per heavy atom. The fourth-order valence-electron chi connectivity index (χ4n) is 2.46. The highest BCUT2D eigenvalue weighted by Crippen LogP contribution is 2.20. The Labute approximate surface area is 165 Å². The molecule has 7 nitrogen and oxygen atoms in total. The number of esters is 1. The summed E-state index contributed by atoms with van der Waals surface area (Å²) in [5.41, 5.74) is 0.789. The molecule has 2 N–H and O–H groups in total. The van der Waals surface area contributed by atoms with Gasteiger partial charge in [-0.3, -0.25) is 14.4 Å². The van der Waals surface area contributed by atoms with Gasteiger partial charge >= 0.3 is 5.97 Å². The molecule has 0 bridgehead atoms. The van der Waals surface area contributed by atoms with E-state index in [1.165, 1.54) is 36.6 Å². The molecule has 0 fully saturated rings. The summed E-state index contributed by atoms with van der Waals surface area (Å²) in [4.78, 5) is 36.7. The molecular formula is C21H17FN2O5. The molecule has 2 aromatic carbocycles. The van der Waals surface area contributed by atoms with Crippen molar-refractivity contribution < 1.29 is 27.9 Å². The van der Waals surface area contributed by atoms with Crippen LogP contribution in [0.4, 0.5) is 10.1 Å². The molecule has 0 aliphatic rings. The van der Waals surface area contributed by atoms with E-state index >= 15 is 0 Å². The van der Waals surface area contributed by atoms with Crippen molar-refractivity contribution in [3.05, 3.63) is 90.1 Å². The molecule has 3 rings (SSSR count). The summed E-state index contributed by atoms with van der Waals surface area (Å²) in [5.74, 6) is -2.41. The van der Waals surface area contributed by atoms with Crippen LogP contribution in [0.5, 0.6) is 0 Å². The lowest BCUT2D eigenvalue weighted by Gasteiger charge is -2.18. The highest BCUT2D eigenvalue weighted by Gasteiger charge is 2.25. The summed E-state index contributed by atoms with van der Waals surface area (Å²) >= 11 is 0. The molecule has 2 amide bonds. The van der Waals surface area contributed by atoms with Crippen LogP contribution in [-0.2, 0) is 14.3 Å². The van der Waals surface area contributed by atoms with Crippen LogP contribution in [0.25, 0.3) is 0 Å². The van der Waals surface area contributed by atoms with Crippen molar-refractivity contribution >= 4 is 23.5 Å². The van der Waals surface area contributed by atoms with Gasteiger partial charge in [0.25, 0.3) is 11.8 Å². The first kappa shape index (κ1) is 19.8. The summed E-state index contributed by atoms with van der Waals surface area (Å²) in [6.45, 7) is -0.452. The number of rotatable bonds is 7. The first-order valence-electron chi connectivity index (χ1n) is 8.65. The third kappa shape index (κ3) is 5.52. The van der Waals surface area contributed by atoms with Crippen molar-refractivity contribution in [2.24, 2.45) is 0 Å². The molecule has 3 aromatic rings. The van der Waals surface area contributed by atoms with Crippen molar-refractivity contribution in [3.8, 4) is 0 Å². The van der Waals surface area contributed by atoms with E-state index in [1.807, 2.05) is 0 Å². The van der Waals surface area contributed by atoms with Gasteiger partial charge in [0.2, 0.25) is 6.10 Å². The van der Waals surface area contributed by atoms with Gasteiger partial charge in [-0.05, 0) is 36.4 Å². The monoisotopic (exact) mass is 396 g/mol. The Morgan fingerprint density at radius 2 is 1.69 bits per heavy atom. The van der Waals surface area contributed by atoms with Crippen LogP contribution in [0.2, 0.25) is 0 Å². The molecule has 0 aliphatic heterocycles. The largest absolute Gasteiger partial charge is 0.459 e. The Kier molecular flexibility index (Phi) is 6.36. The van der Waals surface area contributed by atoms with Gasteiger partial charge in [0, 0.05) is 11.3 Å². The van der Waals surface area contributed by atoms with Gasteiger partial charge in [0.15, 0.2) is 5.76 Å². The molecule has 1 unspecified atom stereocenters. The maximum Gasteiger partial charge on any atom is 0.326 e. The van der Waals surface area contributed by atoms with E-state index < -0.39 is 36.2 Å². The molecule has 0 saturated carbocycles. The van der Waals surface area contributed by atoms with E-state index in [-0.39, 0.29) is 5.76 Å². The minimum absolute atomic E-state index is 0.0477. The van der Waals surface area contributed by atoms with E-state index in [0.717, 1.165) is 0 Å². The van der Waals surface area contributed by atoms with Crippen LogP contribution in [0.1, 0.15) is 22.2 Å². The summed E-state index contributed by atoms with van der Waals surface area (Å²) in [5, 5.41) is 4.93. The smallest absolute Gasteiger partial charge is 0.326 e. The Balaban J connectivity index is 1.66. The van der Waals surface area contributed by atoms with Crippen LogP contribution in [0.3, 0.4) is 0 Å². The van der Waals surface area contributed by atoms with Crippen LogP contribution in [-0.4, -0.2) is 24.3 Å². The standard InChI is InChI=1S/C21H17FN2O5/c22-15-8-10-16(11-9-15)24-21(27)19(14-5-2-1-3-6-14)29-18(25)13-23-20(26)17-7-4-12-28-17/h1-12,19H,13H2,(H,23,26)(H,24,27). The van der Waals surface area contributed by atoms with E-state index in [1.54, 1.807) is 36.4 Å². The fraction of sp³-hybridized carbons (Fsp3) is 0.0952. The summed E-state index contributed by atoms with van der Waals surface area (Å²) in [6, 6.07) is 16.6. The molecule has 148 valence electrons. The quantitative estimate of drug-likeness (QED) is 0.598. The number of amides is 2. The average molecular weight is 396 g/mol. The van der Waals surface area contributed by atoms with Gasteiger partial charge in [0.05, 0.1) is 6.26 Å². The lowest BCUT2D eigenvalue weighted by molar-refractivity contribution is -0.153. The molecule has 0 aliphatic carbocycles. The lowest BCUT2D eigenvalue weighted by atomic mass is 10.1. The topological polar surface area (TPSA) is 97.6 Å². The third-order valence-electron chi connectivity index (χ3n) is 3.84. The number of carbonyl (C=O) groups is 3. The van der Waals surface area contributed by atoms with Gasteiger partial charge in [0.1, 0.15) is 12.4 Å². The third-order valence-corrected chi connectivity index (χ3v) is 3.84. The van der Waals surface area contributed by atoms with Crippen LogP contribution in [0.15, 0.2) is 77.4 Å². The second-order valence-corrected chi connectivity index (χ2v) is 5.94. The number of benzene rings is 2. The van der Waals surface area contributed by atoms with Crippen LogP contribution in [0, 0.1) is 5.82 Å². The van der Waals surface area contributed by atoms with Crippen molar-refractivity contribution in [3.63, 3.8) is 0 Å².